The van der Waals surface area contributed by atoms with E-state index in [1.54, 1.807) is 0 Å². The SMILES string of the molecule is F.O=C(O)O.[Ca+2].[H-].[H-].[Y]. The maximum Gasteiger partial charge on any atom is 2.00 e. The van der Waals surface area contributed by atoms with Gasteiger partial charge in [0.25, 0.3) is 0 Å². The van der Waals surface area contributed by atoms with Gasteiger partial charge in [-0.3, -0.25) is 4.70 Å². The van der Waals surface area contributed by atoms with E-state index in [1.165, 1.54) is 0 Å². The molecule has 3 nitrogen and oxygen atoms in total. The zero-order chi connectivity index (χ0) is 3.58. The van der Waals surface area contributed by atoms with Gasteiger partial charge in [0.15, 0.2) is 0 Å². The molecule has 0 amide bonds. The Morgan fingerprint density at radius 2 is 1.43 bits per heavy atom. The minimum absolute atomic E-state index is 0. The van der Waals surface area contributed by atoms with Gasteiger partial charge >= 0.3 is 43.9 Å². The van der Waals surface area contributed by atoms with Gasteiger partial charge < -0.3 is 13.1 Å². The number of carboxylic acid groups (broad SMARTS) is 2. The Morgan fingerprint density at radius 1 is 1.43 bits per heavy atom. The zero-order valence-electron chi connectivity index (χ0n) is 5.50. The molecule has 0 rings (SSSR count). The van der Waals surface area contributed by atoms with E-state index >= 15 is 0 Å². The molecule has 0 atom stereocenters. The van der Waals surface area contributed by atoms with Crippen molar-refractivity contribution in [1.82, 2.24) is 0 Å². The summed E-state index contributed by atoms with van der Waals surface area (Å²) in [6.07, 6.45) is -1.83. The Hall–Kier alpha value is 1.56. The predicted molar refractivity (Wildman–Crippen MR) is 21.1 cm³/mol. The number of rotatable bonds is 0. The van der Waals surface area contributed by atoms with Crippen molar-refractivity contribution in [1.29, 1.82) is 0 Å². The Labute approximate surface area is 97.7 Å². The molecular weight excluding hydrogens is 208 g/mol. The third-order valence-corrected chi connectivity index (χ3v) is 0. The van der Waals surface area contributed by atoms with E-state index in [9.17, 15) is 0 Å². The molecule has 0 bridgehead atoms. The summed E-state index contributed by atoms with van der Waals surface area (Å²) in [6, 6.07) is 0. The minimum atomic E-state index is -1.83. The standard InChI is InChI=1S/CH2O3.Ca.FH.Y.2H/c2-1(3)4;;;;;/h(H2,2,3,4);;1H;;;/q;+2;;;2*-1. The fourth-order valence-electron chi connectivity index (χ4n) is 0. The van der Waals surface area contributed by atoms with Crippen molar-refractivity contribution in [3.63, 3.8) is 0 Å². The van der Waals surface area contributed by atoms with Gasteiger partial charge in [-0.1, -0.05) is 0 Å². The van der Waals surface area contributed by atoms with Crippen LogP contribution in [0.3, 0.4) is 0 Å². The number of hydrogen-bond donors (Lipinski definition) is 2. The molecule has 2 N–H and O–H groups in total. The summed E-state index contributed by atoms with van der Waals surface area (Å²) in [5, 5.41) is 13.9. The summed E-state index contributed by atoms with van der Waals surface area (Å²) in [5.74, 6) is 0. The fraction of sp³-hybridized carbons (Fsp3) is 0. The van der Waals surface area contributed by atoms with Gasteiger partial charge in [0.2, 0.25) is 0 Å². The quantitative estimate of drug-likeness (QED) is 0.565. The van der Waals surface area contributed by atoms with Crippen LogP contribution in [0.15, 0.2) is 0 Å². The largest absolute Gasteiger partial charge is 2.00 e. The Balaban J connectivity index is -0.00000000450. The van der Waals surface area contributed by atoms with Crippen LogP contribution in [0.1, 0.15) is 2.85 Å². The van der Waals surface area contributed by atoms with Crippen LogP contribution in [0.5, 0.6) is 0 Å². The van der Waals surface area contributed by atoms with Crippen LogP contribution in [0.2, 0.25) is 0 Å². The molecule has 7 heavy (non-hydrogen) atoms. The van der Waals surface area contributed by atoms with Crippen molar-refractivity contribution in [3.8, 4) is 0 Å². The van der Waals surface area contributed by atoms with E-state index in [0.717, 1.165) is 0 Å². The summed E-state index contributed by atoms with van der Waals surface area (Å²) in [6.45, 7) is 0. The van der Waals surface area contributed by atoms with Crippen LogP contribution in [-0.4, -0.2) is 54.1 Å². The van der Waals surface area contributed by atoms with Crippen LogP contribution in [0, 0.1) is 0 Å². The Kier molecular flexibility index (Phi) is 52.6. The second-order valence-corrected chi connectivity index (χ2v) is 0.283. The van der Waals surface area contributed by atoms with Gasteiger partial charge in [0, 0.05) is 32.7 Å². The maximum absolute atomic E-state index is 8.56. The van der Waals surface area contributed by atoms with Crippen LogP contribution >= 0.6 is 0 Å². The summed E-state index contributed by atoms with van der Waals surface area (Å²) in [4.78, 5) is 8.56. The van der Waals surface area contributed by atoms with Crippen molar-refractivity contribution in [2.75, 3.05) is 0 Å². The fourth-order valence-corrected chi connectivity index (χ4v) is 0. The first-order chi connectivity index (χ1) is 1.73. The molecule has 0 aliphatic rings. The molecular formula is CH5CaFO3Y. The van der Waals surface area contributed by atoms with E-state index in [2.05, 4.69) is 0 Å². The van der Waals surface area contributed by atoms with Crippen LogP contribution in [-0.2, 0) is 32.7 Å². The minimum Gasteiger partial charge on any atom is -1.00 e. The molecule has 0 aromatic rings. The Bertz CT molecular complexity index is 44.8. The second kappa shape index (κ2) is 15.6. The Morgan fingerprint density at radius 3 is 1.43 bits per heavy atom. The molecule has 0 spiro atoms. The molecule has 6 heteroatoms. The average molecular weight is 213 g/mol. The third-order valence-electron chi connectivity index (χ3n) is 0. The van der Waals surface area contributed by atoms with E-state index in [4.69, 9.17) is 15.0 Å². The van der Waals surface area contributed by atoms with Gasteiger partial charge in [-0.05, 0) is 0 Å². The van der Waals surface area contributed by atoms with Crippen LogP contribution in [0.25, 0.3) is 0 Å². The van der Waals surface area contributed by atoms with E-state index in [0.29, 0.717) is 0 Å². The summed E-state index contributed by atoms with van der Waals surface area (Å²) in [5.41, 5.74) is 0. The zero-order valence-corrected chi connectivity index (χ0v) is 8.54. The van der Waals surface area contributed by atoms with E-state index in [1.807, 2.05) is 0 Å². The summed E-state index contributed by atoms with van der Waals surface area (Å²) < 4.78 is 0. The smallest absolute Gasteiger partial charge is 1.00 e. The average Bonchev–Trinajstić information content (AvgIpc) is 0.811. The molecule has 0 saturated carbocycles. The van der Waals surface area contributed by atoms with Crippen molar-refractivity contribution in [3.05, 3.63) is 0 Å². The molecule has 0 fully saturated rings. The summed E-state index contributed by atoms with van der Waals surface area (Å²) >= 11 is 0. The first-order valence-corrected chi connectivity index (χ1v) is 0.651. The van der Waals surface area contributed by atoms with Gasteiger partial charge in [-0.25, -0.2) is 4.79 Å². The molecule has 0 heterocycles. The molecule has 0 aromatic carbocycles. The maximum atomic E-state index is 8.56. The van der Waals surface area contributed by atoms with Gasteiger partial charge in [0.1, 0.15) is 0 Å². The number of hydrogen-bond acceptors (Lipinski definition) is 1. The molecule has 0 aromatic heterocycles. The number of carbonyl (C=O) groups is 1. The molecule has 0 unspecified atom stereocenters. The number of halogens is 1. The van der Waals surface area contributed by atoms with E-state index < -0.39 is 6.16 Å². The van der Waals surface area contributed by atoms with Gasteiger partial charge in [-0.2, -0.15) is 0 Å². The van der Waals surface area contributed by atoms with Gasteiger partial charge in [-0.15, -0.1) is 0 Å². The van der Waals surface area contributed by atoms with E-state index in [-0.39, 0.29) is 78.0 Å². The second-order valence-electron chi connectivity index (χ2n) is 0.283. The monoisotopic (exact) mass is 213 g/mol. The van der Waals surface area contributed by atoms with Crippen molar-refractivity contribution in [2.45, 2.75) is 0 Å². The first-order valence-electron chi connectivity index (χ1n) is 0.651. The molecule has 1 radical (unpaired) electrons. The topological polar surface area (TPSA) is 57.5 Å². The summed E-state index contributed by atoms with van der Waals surface area (Å²) in [7, 11) is 0. The van der Waals surface area contributed by atoms with Crippen molar-refractivity contribution < 1.29 is 55.3 Å². The molecule has 39 valence electrons. The van der Waals surface area contributed by atoms with Crippen LogP contribution < -0.4 is 0 Å². The molecule has 0 aliphatic carbocycles. The normalized spacial score (nSPS) is 3.43. The van der Waals surface area contributed by atoms with Crippen LogP contribution in [0.4, 0.5) is 9.50 Å². The van der Waals surface area contributed by atoms with Crippen molar-refractivity contribution >= 4 is 43.9 Å². The molecule has 0 aliphatic heterocycles. The first kappa shape index (κ1) is 23.5. The predicted octanol–water partition coefficient (Wildman–Crippen LogP) is 0.217. The molecule has 0 saturated heterocycles. The van der Waals surface area contributed by atoms with Gasteiger partial charge in [0.05, 0.1) is 0 Å². The third kappa shape index (κ3) is 95.8. The van der Waals surface area contributed by atoms with Crippen molar-refractivity contribution in [2.24, 2.45) is 0 Å².